The van der Waals surface area contributed by atoms with E-state index in [1.165, 1.54) is 0 Å². The van der Waals surface area contributed by atoms with Crippen molar-refractivity contribution in [2.45, 2.75) is 49.7 Å². The first-order valence-electron chi connectivity index (χ1n) is 11.6. The molecular formula is C27H34N2O4. The smallest absolute Gasteiger partial charge is 0.244 e. The standard InChI is InChI=1S/C27H34N2O4/c1-4-14-29-15-13-26(22-6-5-7-24(17-22)32-3)18-23(10-12-27(26,31)19-29)28-25(30)9-8-21-11-16-33-20(21)2/h4-9,11,16-17,23,31H,1,10,12-15,18-19H2,2-3H3,(H,28,30)/t23-,26+,27+/m1/s1. The van der Waals surface area contributed by atoms with Crippen LogP contribution in [0, 0.1) is 6.92 Å². The Morgan fingerprint density at radius 1 is 1.39 bits per heavy atom. The van der Waals surface area contributed by atoms with E-state index < -0.39 is 11.0 Å². The molecule has 0 unspecified atom stereocenters. The van der Waals surface area contributed by atoms with Gasteiger partial charge >= 0.3 is 0 Å². The minimum atomic E-state index is -0.883. The predicted molar refractivity (Wildman–Crippen MR) is 129 cm³/mol. The van der Waals surface area contributed by atoms with Crippen LogP contribution in [-0.2, 0) is 10.2 Å². The van der Waals surface area contributed by atoms with Crippen LogP contribution in [0.2, 0.25) is 0 Å². The molecule has 33 heavy (non-hydrogen) atoms. The largest absolute Gasteiger partial charge is 0.497 e. The molecule has 2 aliphatic rings. The number of aryl methyl sites for hydroxylation is 1. The predicted octanol–water partition coefficient (Wildman–Crippen LogP) is 3.84. The van der Waals surface area contributed by atoms with Crippen LogP contribution in [0.1, 0.15) is 42.6 Å². The number of β-amino-alcohol motifs (C(OH)–C–C–N with tert-alkyl or cyclic N) is 1. The number of ether oxygens (including phenoxy) is 1. The van der Waals surface area contributed by atoms with Crippen LogP contribution >= 0.6 is 0 Å². The summed E-state index contributed by atoms with van der Waals surface area (Å²) in [6.45, 7) is 7.96. The van der Waals surface area contributed by atoms with Crippen LogP contribution in [-0.4, -0.2) is 54.3 Å². The average Bonchev–Trinajstić information content (AvgIpc) is 3.22. The molecule has 1 amide bonds. The number of carbonyl (C=O) groups excluding carboxylic acids is 1. The van der Waals surface area contributed by atoms with E-state index in [2.05, 4.69) is 22.9 Å². The van der Waals surface area contributed by atoms with Gasteiger partial charge in [-0.15, -0.1) is 6.58 Å². The number of methoxy groups -OCH3 is 1. The van der Waals surface area contributed by atoms with Gasteiger partial charge in [-0.05, 0) is 69.0 Å². The number of likely N-dealkylation sites (tertiary alicyclic amines) is 1. The van der Waals surface area contributed by atoms with E-state index in [1.54, 1.807) is 25.5 Å². The molecule has 2 fully saturated rings. The van der Waals surface area contributed by atoms with Crippen molar-refractivity contribution >= 4 is 12.0 Å². The first kappa shape index (κ1) is 23.3. The lowest BCUT2D eigenvalue weighted by Gasteiger charge is -2.58. The summed E-state index contributed by atoms with van der Waals surface area (Å²) in [5.74, 6) is 1.43. The fraction of sp³-hybridized carbons (Fsp3) is 0.444. The van der Waals surface area contributed by atoms with Gasteiger partial charge < -0.3 is 19.6 Å². The molecule has 6 nitrogen and oxygen atoms in total. The first-order chi connectivity index (χ1) is 15.9. The monoisotopic (exact) mass is 450 g/mol. The zero-order valence-electron chi connectivity index (χ0n) is 19.5. The fourth-order valence-corrected chi connectivity index (χ4v) is 5.62. The Morgan fingerprint density at radius 3 is 2.97 bits per heavy atom. The number of aliphatic hydroxyl groups is 1. The van der Waals surface area contributed by atoms with Gasteiger partial charge in [-0.1, -0.05) is 18.2 Å². The molecule has 6 heteroatoms. The highest BCUT2D eigenvalue weighted by Crippen LogP contribution is 2.52. The molecule has 176 valence electrons. The van der Waals surface area contributed by atoms with Gasteiger partial charge in [-0.2, -0.15) is 0 Å². The molecule has 4 rings (SSSR count). The summed E-state index contributed by atoms with van der Waals surface area (Å²) < 4.78 is 10.8. The van der Waals surface area contributed by atoms with E-state index in [0.717, 1.165) is 48.6 Å². The summed E-state index contributed by atoms with van der Waals surface area (Å²) in [6.07, 6.45) is 9.68. The lowest BCUT2D eigenvalue weighted by molar-refractivity contribution is -0.130. The number of hydrogen-bond acceptors (Lipinski definition) is 5. The van der Waals surface area contributed by atoms with Crippen molar-refractivity contribution in [3.63, 3.8) is 0 Å². The maximum absolute atomic E-state index is 12.7. The summed E-state index contributed by atoms with van der Waals surface area (Å²) in [5, 5.41) is 15.2. The van der Waals surface area contributed by atoms with Gasteiger partial charge in [-0.3, -0.25) is 9.69 Å². The first-order valence-corrected chi connectivity index (χ1v) is 11.6. The Balaban J connectivity index is 1.58. The van der Waals surface area contributed by atoms with Gasteiger partial charge in [0.2, 0.25) is 5.91 Å². The Labute approximate surface area is 195 Å². The third kappa shape index (κ3) is 4.63. The van der Waals surface area contributed by atoms with Crippen molar-refractivity contribution in [3.05, 3.63) is 72.2 Å². The maximum atomic E-state index is 12.7. The van der Waals surface area contributed by atoms with Crippen LogP contribution in [0.15, 0.2) is 59.7 Å². The van der Waals surface area contributed by atoms with Crippen LogP contribution in [0.3, 0.4) is 0 Å². The molecule has 0 radical (unpaired) electrons. The van der Waals surface area contributed by atoms with Gasteiger partial charge in [0.15, 0.2) is 0 Å². The molecule has 2 aromatic rings. The van der Waals surface area contributed by atoms with Crippen LogP contribution < -0.4 is 10.1 Å². The lowest BCUT2D eigenvalue weighted by Crippen LogP contribution is -2.67. The van der Waals surface area contributed by atoms with Crippen molar-refractivity contribution < 1.29 is 19.1 Å². The average molecular weight is 451 g/mol. The molecule has 2 heterocycles. The Morgan fingerprint density at radius 2 is 2.24 bits per heavy atom. The number of carbonyl (C=O) groups is 1. The Hall–Kier alpha value is -2.83. The molecule has 1 aliphatic heterocycles. The highest BCUT2D eigenvalue weighted by atomic mass is 16.5. The summed E-state index contributed by atoms with van der Waals surface area (Å²) in [6, 6.07) is 9.86. The van der Waals surface area contributed by atoms with E-state index in [1.807, 2.05) is 37.3 Å². The highest BCUT2D eigenvalue weighted by molar-refractivity contribution is 5.92. The number of benzene rings is 1. The molecule has 1 saturated carbocycles. The third-order valence-corrected chi connectivity index (χ3v) is 7.40. The SMILES string of the molecule is C=CCN1CC[C@@]2(c3cccc(OC)c3)C[C@H](NC(=O)C=Cc3ccoc3C)CC[C@]2(O)C1. The van der Waals surface area contributed by atoms with Crippen molar-refractivity contribution in [2.75, 3.05) is 26.7 Å². The second-order valence-corrected chi connectivity index (χ2v) is 9.33. The van der Waals surface area contributed by atoms with Crippen LogP contribution in [0.5, 0.6) is 5.75 Å². The van der Waals surface area contributed by atoms with Crippen molar-refractivity contribution in [2.24, 2.45) is 0 Å². The fourth-order valence-electron chi connectivity index (χ4n) is 5.62. The third-order valence-electron chi connectivity index (χ3n) is 7.40. The number of rotatable bonds is 7. The number of nitrogens with one attached hydrogen (secondary N) is 1. The van der Waals surface area contributed by atoms with E-state index in [4.69, 9.17) is 9.15 Å². The molecule has 1 saturated heterocycles. The van der Waals surface area contributed by atoms with Crippen LogP contribution in [0.4, 0.5) is 0 Å². The number of furan rings is 1. The van der Waals surface area contributed by atoms with E-state index in [-0.39, 0.29) is 11.9 Å². The number of piperidine rings is 1. The molecule has 3 atom stereocenters. The van der Waals surface area contributed by atoms with Gasteiger partial charge in [0.05, 0.1) is 19.0 Å². The Bertz CT molecular complexity index is 1030. The van der Waals surface area contributed by atoms with Crippen molar-refractivity contribution in [1.29, 1.82) is 0 Å². The molecule has 0 spiro atoms. The van der Waals surface area contributed by atoms with E-state index >= 15 is 0 Å². The zero-order valence-corrected chi connectivity index (χ0v) is 19.5. The van der Waals surface area contributed by atoms with Crippen molar-refractivity contribution in [3.8, 4) is 5.75 Å². The van der Waals surface area contributed by atoms with Gasteiger partial charge in [0, 0.05) is 36.2 Å². The summed E-state index contributed by atoms with van der Waals surface area (Å²) in [4.78, 5) is 15.0. The lowest BCUT2D eigenvalue weighted by atomic mass is 9.55. The number of hydrogen-bond donors (Lipinski definition) is 2. The van der Waals surface area contributed by atoms with Gasteiger partial charge in [-0.25, -0.2) is 0 Å². The molecule has 0 bridgehead atoms. The summed E-state index contributed by atoms with van der Waals surface area (Å²) in [5.41, 5.74) is 0.628. The molecule has 1 aromatic heterocycles. The van der Waals surface area contributed by atoms with Gasteiger partial charge in [0.1, 0.15) is 11.5 Å². The molecular weight excluding hydrogens is 416 g/mol. The molecule has 1 aliphatic carbocycles. The number of nitrogens with zero attached hydrogens (tertiary/aromatic N) is 1. The molecule has 2 N–H and O–H groups in total. The quantitative estimate of drug-likeness (QED) is 0.495. The van der Waals surface area contributed by atoms with Crippen LogP contribution in [0.25, 0.3) is 6.08 Å². The van der Waals surface area contributed by atoms with Gasteiger partial charge in [0.25, 0.3) is 0 Å². The van der Waals surface area contributed by atoms with Crippen molar-refractivity contribution in [1.82, 2.24) is 10.2 Å². The van der Waals surface area contributed by atoms with E-state index in [9.17, 15) is 9.90 Å². The zero-order chi connectivity index (χ0) is 23.5. The second kappa shape index (κ2) is 9.57. The maximum Gasteiger partial charge on any atom is 0.244 e. The topological polar surface area (TPSA) is 74.9 Å². The highest BCUT2D eigenvalue weighted by Gasteiger charge is 2.57. The minimum absolute atomic E-state index is 0.0231. The minimum Gasteiger partial charge on any atom is -0.497 e. The van der Waals surface area contributed by atoms with E-state index in [0.29, 0.717) is 19.4 Å². The summed E-state index contributed by atoms with van der Waals surface area (Å²) >= 11 is 0. The number of amides is 1. The Kier molecular flexibility index (Phi) is 6.77. The normalized spacial score (nSPS) is 27.8. The molecule has 1 aromatic carbocycles. The summed E-state index contributed by atoms with van der Waals surface area (Å²) in [7, 11) is 1.66. The number of fused-ring (bicyclic) bond motifs is 1. The second-order valence-electron chi connectivity index (χ2n) is 9.33.